The Bertz CT molecular complexity index is 471. The van der Waals surface area contributed by atoms with Gasteiger partial charge in [0.25, 0.3) is 0 Å². The molecule has 2 bridgehead atoms. The Balaban J connectivity index is 1.44. The Hall–Kier alpha value is -0.280. The first-order chi connectivity index (χ1) is 9.22. The average molecular weight is 324 g/mol. The van der Waals surface area contributed by atoms with Crippen LogP contribution in [0.3, 0.4) is 0 Å². The Labute approximate surface area is 123 Å². The summed E-state index contributed by atoms with van der Waals surface area (Å²) in [5, 5.41) is 3.84. The van der Waals surface area contributed by atoms with Crippen molar-refractivity contribution in [2.75, 3.05) is 0 Å². The van der Waals surface area contributed by atoms with Gasteiger partial charge in [-0.05, 0) is 84.3 Å². The highest BCUT2D eigenvalue weighted by Gasteiger charge is 2.53. The minimum atomic E-state index is 0.329. The topological polar surface area (TPSA) is 25.2 Å². The van der Waals surface area contributed by atoms with Crippen molar-refractivity contribution in [2.24, 2.45) is 23.7 Å². The van der Waals surface area contributed by atoms with Crippen LogP contribution in [0.5, 0.6) is 0 Å². The molecule has 3 aliphatic rings. The van der Waals surface area contributed by atoms with E-state index in [0.29, 0.717) is 6.04 Å². The predicted molar refractivity (Wildman–Crippen MR) is 78.8 cm³/mol. The lowest BCUT2D eigenvalue weighted by Gasteiger charge is -2.33. The molecule has 4 rings (SSSR count). The van der Waals surface area contributed by atoms with E-state index in [-0.39, 0.29) is 0 Å². The monoisotopic (exact) mass is 323 g/mol. The number of rotatable bonds is 3. The quantitative estimate of drug-likeness (QED) is 0.884. The number of nitrogens with one attached hydrogen (secondary N) is 1. The van der Waals surface area contributed by atoms with Gasteiger partial charge in [0, 0.05) is 6.04 Å². The molecule has 3 saturated carbocycles. The molecule has 1 aromatic heterocycles. The molecule has 0 saturated heterocycles. The second-order valence-electron chi connectivity index (χ2n) is 6.79. The third-order valence-electron chi connectivity index (χ3n) is 5.91. The highest BCUT2D eigenvalue weighted by molar-refractivity contribution is 9.10. The summed E-state index contributed by atoms with van der Waals surface area (Å²) >= 11 is 3.39. The van der Waals surface area contributed by atoms with Gasteiger partial charge in [0.1, 0.15) is 5.76 Å². The van der Waals surface area contributed by atoms with Crippen molar-refractivity contribution < 1.29 is 4.42 Å². The van der Waals surface area contributed by atoms with E-state index in [1.807, 2.05) is 6.07 Å². The van der Waals surface area contributed by atoms with E-state index in [1.165, 1.54) is 32.1 Å². The molecule has 2 nitrogen and oxygen atoms in total. The van der Waals surface area contributed by atoms with E-state index in [9.17, 15) is 0 Å². The summed E-state index contributed by atoms with van der Waals surface area (Å²) in [5.41, 5.74) is 0. The third kappa shape index (κ3) is 2.01. The molecule has 0 aromatic carbocycles. The summed E-state index contributed by atoms with van der Waals surface area (Å²) in [6.07, 6.45) is 7.37. The van der Waals surface area contributed by atoms with Crippen LogP contribution in [-0.4, -0.2) is 6.04 Å². The van der Waals surface area contributed by atoms with Gasteiger partial charge < -0.3 is 9.73 Å². The summed E-state index contributed by atoms with van der Waals surface area (Å²) < 4.78 is 6.51. The van der Waals surface area contributed by atoms with Crippen LogP contribution in [-0.2, 0) is 0 Å². The second-order valence-corrected chi connectivity index (χ2v) is 7.57. The van der Waals surface area contributed by atoms with Crippen LogP contribution in [0.25, 0.3) is 0 Å². The Kier molecular flexibility index (Phi) is 3.03. The molecule has 1 aromatic rings. The van der Waals surface area contributed by atoms with Gasteiger partial charge in [0.2, 0.25) is 0 Å². The van der Waals surface area contributed by atoms with E-state index < -0.39 is 0 Å². The number of hydrogen-bond donors (Lipinski definition) is 1. The van der Waals surface area contributed by atoms with Gasteiger partial charge in [-0.2, -0.15) is 0 Å². The molecule has 0 radical (unpaired) electrons. The predicted octanol–water partition coefficient (Wildman–Crippen LogP) is 4.52. The zero-order chi connectivity index (χ0) is 13.0. The van der Waals surface area contributed by atoms with Gasteiger partial charge in [-0.15, -0.1) is 0 Å². The number of halogens is 1. The fourth-order valence-electron chi connectivity index (χ4n) is 5.22. The highest BCUT2D eigenvalue weighted by Crippen LogP contribution is 2.58. The first-order valence-corrected chi connectivity index (χ1v) is 8.53. The molecule has 6 unspecified atom stereocenters. The van der Waals surface area contributed by atoms with Crippen LogP contribution in [0, 0.1) is 23.7 Å². The molecule has 0 amide bonds. The molecule has 0 spiro atoms. The minimum absolute atomic E-state index is 0.329. The van der Waals surface area contributed by atoms with E-state index >= 15 is 0 Å². The average Bonchev–Trinajstić information content (AvgIpc) is 3.08. The molecule has 3 fully saturated rings. The summed E-state index contributed by atoms with van der Waals surface area (Å²) in [5.74, 6) is 5.13. The summed E-state index contributed by atoms with van der Waals surface area (Å²) in [4.78, 5) is 0. The molecular weight excluding hydrogens is 302 g/mol. The van der Waals surface area contributed by atoms with Crippen molar-refractivity contribution in [3.05, 3.63) is 22.6 Å². The van der Waals surface area contributed by atoms with Gasteiger partial charge in [-0.25, -0.2) is 0 Å². The lowest BCUT2D eigenvalue weighted by molar-refractivity contribution is 0.195. The Morgan fingerprint density at radius 3 is 2.84 bits per heavy atom. The van der Waals surface area contributed by atoms with Crippen molar-refractivity contribution in [3.63, 3.8) is 0 Å². The highest BCUT2D eigenvalue weighted by atomic mass is 79.9. The van der Waals surface area contributed by atoms with Gasteiger partial charge in [-0.1, -0.05) is 6.42 Å². The number of fused-ring (bicyclic) bond motifs is 5. The maximum Gasteiger partial charge on any atom is 0.169 e. The molecule has 19 heavy (non-hydrogen) atoms. The summed E-state index contributed by atoms with van der Waals surface area (Å²) in [6.45, 7) is 2.23. The van der Waals surface area contributed by atoms with Crippen LogP contribution in [0.1, 0.15) is 50.8 Å². The second kappa shape index (κ2) is 4.63. The molecule has 3 aliphatic carbocycles. The lowest BCUT2D eigenvalue weighted by atomic mass is 9.79. The molecule has 104 valence electrons. The van der Waals surface area contributed by atoms with E-state index in [4.69, 9.17) is 4.42 Å². The zero-order valence-electron chi connectivity index (χ0n) is 11.4. The normalized spacial score (nSPS) is 41.7. The maximum absolute atomic E-state index is 5.68. The standard InChI is InChI=1S/C16H22BrNO/c1-9(15-5-6-16(17)19-15)18-14-8-10-7-13(14)12-4-2-3-11(10)12/h5-6,9-14,18H,2-4,7-8H2,1H3. The SMILES string of the molecule is CC(NC1CC2CC1C1CCCC21)c1ccc(Br)o1. The molecule has 3 heteroatoms. The first-order valence-electron chi connectivity index (χ1n) is 7.73. The van der Waals surface area contributed by atoms with Crippen molar-refractivity contribution in [1.29, 1.82) is 0 Å². The van der Waals surface area contributed by atoms with Gasteiger partial charge in [-0.3, -0.25) is 0 Å². The molecule has 1 N–H and O–H groups in total. The first kappa shape index (κ1) is 12.5. The van der Waals surface area contributed by atoms with Crippen LogP contribution in [0.2, 0.25) is 0 Å². The Morgan fingerprint density at radius 2 is 2.05 bits per heavy atom. The molecule has 0 aliphatic heterocycles. The van der Waals surface area contributed by atoms with E-state index in [0.717, 1.165) is 40.1 Å². The third-order valence-corrected chi connectivity index (χ3v) is 6.34. The van der Waals surface area contributed by atoms with E-state index in [2.05, 4.69) is 34.2 Å². The van der Waals surface area contributed by atoms with Crippen LogP contribution in [0.15, 0.2) is 21.2 Å². The van der Waals surface area contributed by atoms with Crippen molar-refractivity contribution in [1.82, 2.24) is 5.32 Å². The number of furan rings is 1. The zero-order valence-corrected chi connectivity index (χ0v) is 13.0. The van der Waals surface area contributed by atoms with Crippen molar-refractivity contribution in [3.8, 4) is 0 Å². The van der Waals surface area contributed by atoms with Crippen LogP contribution < -0.4 is 5.32 Å². The van der Waals surface area contributed by atoms with Gasteiger partial charge in [0.15, 0.2) is 4.67 Å². The Morgan fingerprint density at radius 1 is 1.21 bits per heavy atom. The lowest BCUT2D eigenvalue weighted by Crippen LogP contribution is -2.40. The molecule has 1 heterocycles. The van der Waals surface area contributed by atoms with Crippen molar-refractivity contribution in [2.45, 2.75) is 51.1 Å². The van der Waals surface area contributed by atoms with E-state index in [1.54, 1.807) is 0 Å². The smallest absolute Gasteiger partial charge is 0.169 e. The van der Waals surface area contributed by atoms with Crippen molar-refractivity contribution >= 4 is 15.9 Å². The molecule has 6 atom stereocenters. The maximum atomic E-state index is 5.68. The minimum Gasteiger partial charge on any atom is -0.453 e. The largest absolute Gasteiger partial charge is 0.453 e. The fraction of sp³-hybridized carbons (Fsp3) is 0.750. The van der Waals surface area contributed by atoms with Gasteiger partial charge >= 0.3 is 0 Å². The van der Waals surface area contributed by atoms with Gasteiger partial charge in [0.05, 0.1) is 6.04 Å². The van der Waals surface area contributed by atoms with Crippen LogP contribution >= 0.6 is 15.9 Å². The fourth-order valence-corrected chi connectivity index (χ4v) is 5.54. The summed E-state index contributed by atoms with van der Waals surface area (Å²) in [6, 6.07) is 5.12. The molecular formula is C16H22BrNO. The van der Waals surface area contributed by atoms with Crippen LogP contribution in [0.4, 0.5) is 0 Å². The summed E-state index contributed by atoms with van der Waals surface area (Å²) in [7, 11) is 0. The number of hydrogen-bond acceptors (Lipinski definition) is 2.